The Bertz CT molecular complexity index is 696. The number of anilines is 1. The molecule has 3 rings (SSSR count). The third-order valence-corrected chi connectivity index (χ3v) is 3.92. The number of rotatable bonds is 2. The highest BCUT2D eigenvalue weighted by Crippen LogP contribution is 2.32. The Morgan fingerprint density at radius 3 is 3.05 bits per heavy atom. The molecule has 0 radical (unpaired) electrons. The molecule has 1 aromatic heterocycles. The Balaban J connectivity index is 2.00. The largest absolute Gasteiger partial charge is 0.490 e. The van der Waals surface area contributed by atoms with Crippen LogP contribution >= 0.6 is 23.4 Å². The van der Waals surface area contributed by atoms with Gasteiger partial charge in [-0.25, -0.2) is 9.97 Å². The fourth-order valence-electron chi connectivity index (χ4n) is 2.11. The molecule has 1 aromatic carbocycles. The van der Waals surface area contributed by atoms with E-state index in [0.29, 0.717) is 24.1 Å². The predicted molar refractivity (Wildman–Crippen MR) is 82.4 cm³/mol. The molecule has 0 fully saturated rings. The van der Waals surface area contributed by atoms with E-state index in [2.05, 4.69) is 9.97 Å². The van der Waals surface area contributed by atoms with E-state index in [1.807, 2.05) is 30.5 Å². The van der Waals surface area contributed by atoms with Crippen LogP contribution in [0, 0.1) is 0 Å². The summed E-state index contributed by atoms with van der Waals surface area (Å²) in [4.78, 5) is 22.7. The summed E-state index contributed by atoms with van der Waals surface area (Å²) in [6, 6.07) is 7.42. The van der Waals surface area contributed by atoms with E-state index >= 15 is 0 Å². The minimum Gasteiger partial charge on any atom is -0.490 e. The molecule has 108 valence electrons. The molecule has 2 aromatic rings. The maximum atomic E-state index is 12.7. The lowest BCUT2D eigenvalue weighted by atomic mass is 10.2. The number of hydrogen-bond acceptors (Lipinski definition) is 5. The van der Waals surface area contributed by atoms with Crippen LogP contribution in [0.15, 0.2) is 35.6 Å². The molecule has 5 nitrogen and oxygen atoms in total. The molecule has 0 spiro atoms. The zero-order chi connectivity index (χ0) is 14.8. The standard InChI is InChI=1S/C14H12ClN3O2S/c1-21-14-16-8-9(15)12(17-14)13(19)18-6-7-20-11-5-3-2-4-10(11)18/h2-5,8H,6-7H2,1H3. The van der Waals surface area contributed by atoms with Gasteiger partial charge in [-0.05, 0) is 18.4 Å². The van der Waals surface area contributed by atoms with Crippen molar-refractivity contribution in [2.24, 2.45) is 0 Å². The predicted octanol–water partition coefficient (Wildman–Crippen LogP) is 2.89. The normalized spacial score (nSPS) is 13.5. The third kappa shape index (κ3) is 2.69. The van der Waals surface area contributed by atoms with Gasteiger partial charge in [0.05, 0.1) is 23.5 Å². The van der Waals surface area contributed by atoms with E-state index in [0.717, 1.165) is 5.69 Å². The Morgan fingerprint density at radius 1 is 1.43 bits per heavy atom. The second-order valence-corrected chi connectivity index (χ2v) is 5.51. The number of hydrogen-bond donors (Lipinski definition) is 0. The maximum absolute atomic E-state index is 12.7. The number of halogens is 1. The van der Waals surface area contributed by atoms with Crippen molar-refractivity contribution in [2.75, 3.05) is 24.3 Å². The molecule has 0 N–H and O–H groups in total. The average Bonchev–Trinajstić information content (AvgIpc) is 2.54. The monoisotopic (exact) mass is 321 g/mol. The van der Waals surface area contributed by atoms with E-state index in [9.17, 15) is 4.79 Å². The zero-order valence-electron chi connectivity index (χ0n) is 11.2. The quantitative estimate of drug-likeness (QED) is 0.629. The highest BCUT2D eigenvalue weighted by Gasteiger charge is 2.27. The third-order valence-electron chi connectivity index (χ3n) is 3.08. The van der Waals surface area contributed by atoms with Crippen molar-refractivity contribution < 1.29 is 9.53 Å². The van der Waals surface area contributed by atoms with Gasteiger partial charge in [0.1, 0.15) is 12.4 Å². The summed E-state index contributed by atoms with van der Waals surface area (Å²) in [6.07, 6.45) is 3.31. The fourth-order valence-corrected chi connectivity index (χ4v) is 2.62. The van der Waals surface area contributed by atoms with Gasteiger partial charge >= 0.3 is 0 Å². The number of para-hydroxylation sites is 2. The van der Waals surface area contributed by atoms with E-state index in [1.165, 1.54) is 18.0 Å². The number of benzene rings is 1. The molecular formula is C14H12ClN3O2S. The van der Waals surface area contributed by atoms with Crippen molar-refractivity contribution in [3.8, 4) is 5.75 Å². The van der Waals surface area contributed by atoms with Crippen LogP contribution in [-0.2, 0) is 0 Å². The molecule has 0 saturated carbocycles. The Morgan fingerprint density at radius 2 is 2.24 bits per heavy atom. The van der Waals surface area contributed by atoms with E-state index in [-0.39, 0.29) is 16.6 Å². The second-order valence-electron chi connectivity index (χ2n) is 4.33. The number of fused-ring (bicyclic) bond motifs is 1. The number of thioether (sulfide) groups is 1. The molecule has 1 aliphatic heterocycles. The molecule has 2 heterocycles. The Hall–Kier alpha value is -1.79. The van der Waals surface area contributed by atoms with Gasteiger partial charge in [0.25, 0.3) is 5.91 Å². The molecule has 1 aliphatic rings. The first-order chi connectivity index (χ1) is 10.2. The van der Waals surface area contributed by atoms with Gasteiger partial charge in [0, 0.05) is 0 Å². The van der Waals surface area contributed by atoms with Crippen LogP contribution in [0.3, 0.4) is 0 Å². The summed E-state index contributed by atoms with van der Waals surface area (Å²) in [5, 5.41) is 0.770. The van der Waals surface area contributed by atoms with Crippen LogP contribution in [0.5, 0.6) is 5.75 Å². The zero-order valence-corrected chi connectivity index (χ0v) is 12.8. The number of carbonyl (C=O) groups is 1. The maximum Gasteiger partial charge on any atom is 0.278 e. The van der Waals surface area contributed by atoms with Crippen molar-refractivity contribution in [2.45, 2.75) is 5.16 Å². The fraction of sp³-hybridized carbons (Fsp3) is 0.214. The van der Waals surface area contributed by atoms with Crippen molar-refractivity contribution in [3.63, 3.8) is 0 Å². The van der Waals surface area contributed by atoms with Crippen LogP contribution in [-0.4, -0.2) is 35.3 Å². The number of nitrogens with zero attached hydrogens (tertiary/aromatic N) is 3. The molecule has 21 heavy (non-hydrogen) atoms. The van der Waals surface area contributed by atoms with Gasteiger partial charge < -0.3 is 9.64 Å². The van der Waals surface area contributed by atoms with E-state index < -0.39 is 0 Å². The first-order valence-electron chi connectivity index (χ1n) is 6.31. The average molecular weight is 322 g/mol. The summed E-state index contributed by atoms with van der Waals surface area (Å²) in [5.74, 6) is 0.445. The van der Waals surface area contributed by atoms with Gasteiger partial charge in [0.2, 0.25) is 0 Å². The highest BCUT2D eigenvalue weighted by atomic mass is 35.5. The molecular weight excluding hydrogens is 310 g/mol. The van der Waals surface area contributed by atoms with Crippen LogP contribution in [0.2, 0.25) is 5.02 Å². The minimum atomic E-state index is -0.242. The number of aromatic nitrogens is 2. The summed E-state index contributed by atoms with van der Waals surface area (Å²) >= 11 is 7.45. The lowest BCUT2D eigenvalue weighted by Gasteiger charge is -2.29. The summed E-state index contributed by atoms with van der Waals surface area (Å²) < 4.78 is 5.55. The smallest absolute Gasteiger partial charge is 0.278 e. The molecule has 7 heteroatoms. The molecule has 1 amide bonds. The van der Waals surface area contributed by atoms with Crippen LogP contribution in [0.25, 0.3) is 0 Å². The first kappa shape index (κ1) is 14.2. The van der Waals surface area contributed by atoms with Gasteiger partial charge in [-0.1, -0.05) is 35.5 Å². The van der Waals surface area contributed by atoms with Crippen molar-refractivity contribution in [3.05, 3.63) is 41.2 Å². The van der Waals surface area contributed by atoms with Crippen LogP contribution in [0.4, 0.5) is 5.69 Å². The van der Waals surface area contributed by atoms with Gasteiger partial charge in [-0.2, -0.15) is 0 Å². The SMILES string of the molecule is CSc1ncc(Cl)c(C(=O)N2CCOc3ccccc32)n1. The Labute approximate surface area is 131 Å². The topological polar surface area (TPSA) is 55.3 Å². The molecule has 0 atom stereocenters. The molecule has 0 aliphatic carbocycles. The number of ether oxygens (including phenoxy) is 1. The highest BCUT2D eigenvalue weighted by molar-refractivity contribution is 7.98. The van der Waals surface area contributed by atoms with Gasteiger partial charge in [-0.3, -0.25) is 4.79 Å². The van der Waals surface area contributed by atoms with Gasteiger partial charge in [0.15, 0.2) is 10.9 Å². The lowest BCUT2D eigenvalue weighted by molar-refractivity contribution is 0.0971. The number of amides is 1. The van der Waals surface area contributed by atoms with Crippen LogP contribution < -0.4 is 9.64 Å². The minimum absolute atomic E-state index is 0.215. The molecule has 0 bridgehead atoms. The summed E-state index contributed by atoms with van der Waals surface area (Å²) in [7, 11) is 0. The molecule has 0 unspecified atom stereocenters. The number of carbonyl (C=O) groups excluding carboxylic acids is 1. The van der Waals surface area contributed by atoms with Crippen molar-refractivity contribution in [1.82, 2.24) is 9.97 Å². The first-order valence-corrected chi connectivity index (χ1v) is 7.91. The van der Waals surface area contributed by atoms with Crippen molar-refractivity contribution >= 4 is 35.0 Å². The van der Waals surface area contributed by atoms with Crippen molar-refractivity contribution in [1.29, 1.82) is 0 Å². The van der Waals surface area contributed by atoms with E-state index in [4.69, 9.17) is 16.3 Å². The van der Waals surface area contributed by atoms with Crippen LogP contribution in [0.1, 0.15) is 10.5 Å². The lowest BCUT2D eigenvalue weighted by Crippen LogP contribution is -2.38. The molecule has 0 saturated heterocycles. The van der Waals surface area contributed by atoms with Gasteiger partial charge in [-0.15, -0.1) is 0 Å². The second kappa shape index (κ2) is 5.91. The Kier molecular flexibility index (Phi) is 3.98. The van der Waals surface area contributed by atoms with E-state index in [1.54, 1.807) is 4.90 Å². The summed E-state index contributed by atoms with van der Waals surface area (Å²) in [5.41, 5.74) is 0.946. The summed E-state index contributed by atoms with van der Waals surface area (Å²) in [6.45, 7) is 0.908.